The van der Waals surface area contributed by atoms with Gasteiger partial charge in [-0.15, -0.1) is 0 Å². The van der Waals surface area contributed by atoms with Gasteiger partial charge in [0.05, 0.1) is 23.1 Å². The smallest absolute Gasteiger partial charge is 0.235 e. The third-order valence-corrected chi connectivity index (χ3v) is 3.52. The highest BCUT2D eigenvalue weighted by molar-refractivity contribution is 7.92. The Bertz CT molecular complexity index is 476. The first-order valence-corrected chi connectivity index (χ1v) is 7.11. The molecule has 0 aliphatic rings. The van der Waals surface area contributed by atoms with Gasteiger partial charge in [0.15, 0.2) is 0 Å². The maximum Gasteiger partial charge on any atom is 0.235 e. The molecule has 0 atom stereocenters. The SMILES string of the molecule is CCOCCS(=O)(=O)Nc1cc(N)ccc1Cl. The maximum atomic E-state index is 11.6. The van der Waals surface area contributed by atoms with Crippen LogP contribution in [0.1, 0.15) is 6.92 Å². The zero-order valence-corrected chi connectivity index (χ0v) is 11.0. The van der Waals surface area contributed by atoms with E-state index in [4.69, 9.17) is 22.1 Å². The van der Waals surface area contributed by atoms with E-state index in [1.54, 1.807) is 13.0 Å². The Kier molecular flexibility index (Phi) is 5.04. The zero-order chi connectivity index (χ0) is 12.9. The summed E-state index contributed by atoms with van der Waals surface area (Å²) in [4.78, 5) is 0. The van der Waals surface area contributed by atoms with Crippen LogP contribution in [-0.2, 0) is 14.8 Å². The highest BCUT2D eigenvalue weighted by Gasteiger charge is 2.12. The molecule has 0 unspecified atom stereocenters. The Morgan fingerprint density at radius 2 is 2.18 bits per heavy atom. The van der Waals surface area contributed by atoms with Gasteiger partial charge >= 0.3 is 0 Å². The fourth-order valence-electron chi connectivity index (χ4n) is 1.15. The molecule has 0 heterocycles. The molecule has 0 bridgehead atoms. The van der Waals surface area contributed by atoms with E-state index in [-0.39, 0.29) is 18.0 Å². The number of nitrogens with one attached hydrogen (secondary N) is 1. The maximum absolute atomic E-state index is 11.6. The topological polar surface area (TPSA) is 81.4 Å². The summed E-state index contributed by atoms with van der Waals surface area (Å²) < 4.78 is 30.6. The summed E-state index contributed by atoms with van der Waals surface area (Å²) in [6.45, 7) is 2.43. The van der Waals surface area contributed by atoms with Crippen LogP contribution in [0.4, 0.5) is 11.4 Å². The number of benzene rings is 1. The monoisotopic (exact) mass is 278 g/mol. The number of ether oxygens (including phenoxy) is 1. The molecule has 7 heteroatoms. The lowest BCUT2D eigenvalue weighted by molar-refractivity contribution is 0.163. The third-order valence-electron chi connectivity index (χ3n) is 1.96. The minimum atomic E-state index is -3.46. The van der Waals surface area contributed by atoms with Crippen LogP contribution in [-0.4, -0.2) is 27.4 Å². The number of sulfonamides is 1. The summed E-state index contributed by atoms with van der Waals surface area (Å²) in [6.07, 6.45) is 0. The Hall–Kier alpha value is -0.980. The fraction of sp³-hybridized carbons (Fsp3) is 0.400. The molecule has 0 spiro atoms. The first-order valence-electron chi connectivity index (χ1n) is 5.08. The molecule has 0 aromatic heterocycles. The van der Waals surface area contributed by atoms with Crippen molar-refractivity contribution in [3.8, 4) is 0 Å². The number of rotatable bonds is 6. The molecule has 1 aromatic rings. The van der Waals surface area contributed by atoms with Crippen molar-refractivity contribution in [1.82, 2.24) is 0 Å². The van der Waals surface area contributed by atoms with Crippen LogP contribution in [0.25, 0.3) is 0 Å². The van der Waals surface area contributed by atoms with Crippen molar-refractivity contribution in [2.24, 2.45) is 0 Å². The van der Waals surface area contributed by atoms with Crippen molar-refractivity contribution in [3.05, 3.63) is 23.2 Å². The van der Waals surface area contributed by atoms with E-state index >= 15 is 0 Å². The quantitative estimate of drug-likeness (QED) is 0.613. The van der Waals surface area contributed by atoms with Gasteiger partial charge in [0.25, 0.3) is 0 Å². The molecule has 5 nitrogen and oxygen atoms in total. The van der Waals surface area contributed by atoms with Crippen LogP contribution in [0.2, 0.25) is 5.02 Å². The zero-order valence-electron chi connectivity index (χ0n) is 9.44. The van der Waals surface area contributed by atoms with Crippen LogP contribution in [0.15, 0.2) is 18.2 Å². The second-order valence-electron chi connectivity index (χ2n) is 3.36. The molecular weight excluding hydrogens is 264 g/mol. The minimum Gasteiger partial charge on any atom is -0.399 e. The van der Waals surface area contributed by atoms with Gasteiger partial charge in [0.1, 0.15) is 0 Å². The summed E-state index contributed by atoms with van der Waals surface area (Å²) in [7, 11) is -3.46. The van der Waals surface area contributed by atoms with Crippen molar-refractivity contribution >= 4 is 33.0 Å². The summed E-state index contributed by atoms with van der Waals surface area (Å²) in [5.74, 6) is -0.119. The first kappa shape index (κ1) is 14.1. The van der Waals surface area contributed by atoms with Crippen molar-refractivity contribution in [1.29, 1.82) is 0 Å². The largest absolute Gasteiger partial charge is 0.399 e. The standard InChI is InChI=1S/C10H15ClN2O3S/c1-2-16-5-6-17(14,15)13-10-7-8(12)3-4-9(10)11/h3-4,7,13H,2,5-6,12H2,1H3. The minimum absolute atomic E-state index is 0.119. The Balaban J connectivity index is 2.72. The van der Waals surface area contributed by atoms with Gasteiger partial charge in [-0.05, 0) is 25.1 Å². The molecule has 3 N–H and O–H groups in total. The fourth-order valence-corrected chi connectivity index (χ4v) is 2.32. The predicted molar refractivity (Wildman–Crippen MR) is 69.8 cm³/mol. The second-order valence-corrected chi connectivity index (χ2v) is 5.61. The number of hydrogen-bond donors (Lipinski definition) is 2. The van der Waals surface area contributed by atoms with Crippen LogP contribution >= 0.6 is 11.6 Å². The molecule has 96 valence electrons. The van der Waals surface area contributed by atoms with Crippen molar-refractivity contribution in [2.45, 2.75) is 6.92 Å². The third kappa shape index (κ3) is 4.80. The van der Waals surface area contributed by atoms with E-state index in [0.29, 0.717) is 17.3 Å². The summed E-state index contributed by atoms with van der Waals surface area (Å²) >= 11 is 5.85. The van der Waals surface area contributed by atoms with Crippen molar-refractivity contribution < 1.29 is 13.2 Å². The Labute approximate surface area is 106 Å². The molecule has 0 radical (unpaired) electrons. The molecule has 1 aromatic carbocycles. The average molecular weight is 279 g/mol. The van der Waals surface area contributed by atoms with Gasteiger partial charge in [-0.3, -0.25) is 4.72 Å². The van der Waals surface area contributed by atoms with Crippen LogP contribution < -0.4 is 10.5 Å². The molecule has 1 rings (SSSR count). The molecule has 0 saturated carbocycles. The molecule has 17 heavy (non-hydrogen) atoms. The van der Waals surface area contributed by atoms with Crippen LogP contribution in [0, 0.1) is 0 Å². The molecule has 0 fully saturated rings. The number of hydrogen-bond acceptors (Lipinski definition) is 4. The number of nitrogens with two attached hydrogens (primary N) is 1. The number of halogens is 1. The predicted octanol–water partition coefficient (Wildman–Crippen LogP) is 1.70. The number of anilines is 2. The van der Waals surface area contributed by atoms with E-state index in [1.807, 2.05) is 0 Å². The Morgan fingerprint density at radius 3 is 2.82 bits per heavy atom. The lowest BCUT2D eigenvalue weighted by Gasteiger charge is -2.10. The number of nitrogen functional groups attached to an aromatic ring is 1. The normalized spacial score (nSPS) is 11.4. The highest BCUT2D eigenvalue weighted by atomic mass is 35.5. The molecule has 0 amide bonds. The van der Waals surface area contributed by atoms with Crippen LogP contribution in [0.3, 0.4) is 0 Å². The van der Waals surface area contributed by atoms with Gasteiger partial charge < -0.3 is 10.5 Å². The highest BCUT2D eigenvalue weighted by Crippen LogP contribution is 2.24. The molecular formula is C10H15ClN2O3S. The lowest BCUT2D eigenvalue weighted by atomic mass is 10.3. The van der Waals surface area contributed by atoms with Gasteiger partial charge in [0.2, 0.25) is 10.0 Å². The Morgan fingerprint density at radius 1 is 1.47 bits per heavy atom. The van der Waals surface area contributed by atoms with Gasteiger partial charge in [-0.2, -0.15) is 0 Å². The van der Waals surface area contributed by atoms with Gasteiger partial charge in [0, 0.05) is 12.3 Å². The summed E-state index contributed by atoms with van der Waals surface area (Å²) in [6, 6.07) is 4.61. The second kappa shape index (κ2) is 6.09. The van der Waals surface area contributed by atoms with Gasteiger partial charge in [-0.25, -0.2) is 8.42 Å². The summed E-state index contributed by atoms with van der Waals surface area (Å²) in [5.41, 5.74) is 6.27. The van der Waals surface area contributed by atoms with E-state index in [0.717, 1.165) is 0 Å². The van der Waals surface area contributed by atoms with E-state index < -0.39 is 10.0 Å². The van der Waals surface area contributed by atoms with Crippen molar-refractivity contribution in [3.63, 3.8) is 0 Å². The van der Waals surface area contributed by atoms with Crippen molar-refractivity contribution in [2.75, 3.05) is 29.4 Å². The van der Waals surface area contributed by atoms with E-state index in [9.17, 15) is 8.42 Å². The summed E-state index contributed by atoms with van der Waals surface area (Å²) in [5, 5.41) is 0.305. The molecule has 0 aliphatic heterocycles. The van der Waals surface area contributed by atoms with Gasteiger partial charge in [-0.1, -0.05) is 11.6 Å². The van der Waals surface area contributed by atoms with E-state index in [1.165, 1.54) is 12.1 Å². The lowest BCUT2D eigenvalue weighted by Crippen LogP contribution is -2.20. The average Bonchev–Trinajstić information content (AvgIpc) is 2.23. The molecule has 0 aliphatic carbocycles. The van der Waals surface area contributed by atoms with Crippen LogP contribution in [0.5, 0.6) is 0 Å². The first-order chi connectivity index (χ1) is 7.94. The molecule has 0 saturated heterocycles. The van der Waals surface area contributed by atoms with E-state index in [2.05, 4.69) is 4.72 Å².